The quantitative estimate of drug-likeness (QED) is 0.0232. The SMILES string of the molecule is CCC(=O)NC(CS(=O)(=O)O)C(=O)NC(CS(=O)(=O)O)C(=O)NCCNC(=O)CCCOc1cc(C)c(S(=O)(=O)N[C@@H](CNC(=O)c2cn(C)c3cc(CNc4ncc[nH]4)ccc3c2=O)C(=O)O)c(C)c1. The summed E-state index contributed by atoms with van der Waals surface area (Å²) < 4.78 is 101. The third kappa shape index (κ3) is 17.4. The molecule has 2 aromatic carbocycles. The summed E-state index contributed by atoms with van der Waals surface area (Å²) in [4.78, 5) is 95.3. The molecule has 0 fully saturated rings. The number of carbonyl (C=O) groups excluding carboxylic acids is 5. The van der Waals surface area contributed by atoms with Crippen LogP contribution in [0.4, 0.5) is 5.95 Å². The fourth-order valence-corrected chi connectivity index (χ4v) is 9.81. The van der Waals surface area contributed by atoms with Gasteiger partial charge in [-0.25, -0.2) is 13.4 Å². The first kappa shape index (κ1) is 56.6. The molecule has 2 heterocycles. The standard InChI is InChI=1S/C41H54N10O17S3/c1-5-33(52)48-31(22-70(63,64)65)39(57)49-30(21-69(60,61)62)38(56)43-11-10-42-34(53)7-6-14-68-26-15-23(2)36(24(3)16-26)71(66,67)50-29(40(58)59)19-46-37(55)28-20-51(4)32-17-25(8-9-27(32)35(28)54)18-47-41-44-12-13-45-41/h8-9,12-13,15-17,20,29-31,50H,5-7,10-11,14,18-19,21-22H2,1-4H3,(H,42,53)(H,43,56)(H,46,55)(H,48,52)(H,49,57)(H,58,59)(H2,44,45,47)(H,60,61,62)(H,63,64,65)/t29-,30?,31?/m0/s1. The Morgan fingerprint density at radius 1 is 0.831 bits per heavy atom. The Hall–Kier alpha value is -6.99. The van der Waals surface area contributed by atoms with Crippen LogP contribution in [0.2, 0.25) is 0 Å². The van der Waals surface area contributed by atoms with E-state index >= 15 is 0 Å². The number of carbonyl (C=O) groups is 6. The number of imidazole rings is 1. The second-order valence-electron chi connectivity index (χ2n) is 15.9. The van der Waals surface area contributed by atoms with E-state index in [2.05, 4.69) is 36.0 Å². The molecule has 388 valence electrons. The van der Waals surface area contributed by atoms with Crippen molar-refractivity contribution in [3.05, 3.63) is 81.4 Å². The zero-order valence-corrected chi connectivity index (χ0v) is 41.0. The summed E-state index contributed by atoms with van der Waals surface area (Å²) >= 11 is 0. The molecular weight excluding hydrogens is 1000 g/mol. The van der Waals surface area contributed by atoms with Gasteiger partial charge in [-0.05, 0) is 61.2 Å². The van der Waals surface area contributed by atoms with Gasteiger partial charge in [0.15, 0.2) is 5.95 Å². The molecule has 4 aromatic rings. The molecule has 71 heavy (non-hydrogen) atoms. The number of amides is 5. The highest BCUT2D eigenvalue weighted by molar-refractivity contribution is 7.89. The number of anilines is 1. The van der Waals surface area contributed by atoms with Crippen LogP contribution in [-0.4, -0.2) is 145 Å². The minimum Gasteiger partial charge on any atom is -0.494 e. The van der Waals surface area contributed by atoms with E-state index in [4.69, 9.17) is 4.74 Å². The van der Waals surface area contributed by atoms with Crippen molar-refractivity contribution in [2.24, 2.45) is 7.05 Å². The minimum absolute atomic E-state index is 0.0339. The largest absolute Gasteiger partial charge is 0.494 e. The van der Waals surface area contributed by atoms with Crippen LogP contribution < -0.4 is 46.8 Å². The molecule has 0 saturated heterocycles. The third-order valence-corrected chi connectivity index (χ3v) is 13.4. The van der Waals surface area contributed by atoms with Crippen molar-refractivity contribution in [2.75, 3.05) is 43.1 Å². The van der Waals surface area contributed by atoms with Crippen LogP contribution in [0.3, 0.4) is 0 Å². The van der Waals surface area contributed by atoms with Gasteiger partial charge in [-0.1, -0.05) is 13.0 Å². The van der Waals surface area contributed by atoms with Gasteiger partial charge >= 0.3 is 5.97 Å². The molecule has 0 aliphatic carbocycles. The number of carboxylic acid groups (broad SMARTS) is 1. The molecule has 2 aromatic heterocycles. The van der Waals surface area contributed by atoms with Gasteiger partial charge in [0.2, 0.25) is 39.1 Å². The smallest absolute Gasteiger partial charge is 0.323 e. The number of pyridine rings is 1. The monoisotopic (exact) mass is 1050 g/mol. The molecule has 0 spiro atoms. The number of aryl methyl sites for hydroxylation is 3. The maximum atomic E-state index is 13.6. The Balaban J connectivity index is 1.26. The third-order valence-electron chi connectivity index (χ3n) is 10.1. The molecule has 0 radical (unpaired) electrons. The lowest BCUT2D eigenvalue weighted by atomic mass is 10.1. The molecule has 27 nitrogen and oxygen atoms in total. The molecule has 0 saturated carbocycles. The maximum Gasteiger partial charge on any atom is 0.323 e. The minimum atomic E-state index is -4.91. The van der Waals surface area contributed by atoms with Crippen molar-refractivity contribution in [3.8, 4) is 5.75 Å². The molecule has 0 bridgehead atoms. The first-order valence-corrected chi connectivity index (χ1v) is 26.1. The highest BCUT2D eigenvalue weighted by atomic mass is 32.2. The molecule has 0 aliphatic heterocycles. The van der Waals surface area contributed by atoms with Gasteiger partial charge in [0.25, 0.3) is 26.1 Å². The summed E-state index contributed by atoms with van der Waals surface area (Å²) in [6.45, 7) is 3.37. The van der Waals surface area contributed by atoms with Gasteiger partial charge in [0, 0.05) is 70.0 Å². The van der Waals surface area contributed by atoms with E-state index in [9.17, 15) is 73.0 Å². The van der Waals surface area contributed by atoms with Gasteiger partial charge in [-0.15, -0.1) is 0 Å². The number of aliphatic carboxylic acids is 1. The summed E-state index contributed by atoms with van der Waals surface area (Å²) in [5.74, 6) is -8.31. The molecule has 5 amide bonds. The van der Waals surface area contributed by atoms with Crippen LogP contribution in [-0.2, 0) is 67.8 Å². The van der Waals surface area contributed by atoms with Crippen molar-refractivity contribution >= 4 is 82.6 Å². The Labute approximate surface area is 406 Å². The van der Waals surface area contributed by atoms with E-state index in [-0.39, 0.29) is 71.7 Å². The average Bonchev–Trinajstić information content (AvgIpc) is 3.80. The Morgan fingerprint density at radius 3 is 2.06 bits per heavy atom. The molecule has 30 heteroatoms. The summed E-state index contributed by atoms with van der Waals surface area (Å²) in [6, 6.07) is 2.00. The Bertz CT molecular complexity index is 3010. The molecule has 0 aliphatic rings. The second-order valence-corrected chi connectivity index (χ2v) is 20.5. The fraction of sp³-hybridized carbons (Fsp3) is 0.415. The van der Waals surface area contributed by atoms with Crippen LogP contribution in [0.15, 0.2) is 58.6 Å². The number of H-pyrrole nitrogens is 1. The number of ether oxygens (including phenoxy) is 1. The van der Waals surface area contributed by atoms with Gasteiger partial charge in [-0.2, -0.15) is 21.6 Å². The number of sulfonamides is 1. The topological polar surface area (TPSA) is 410 Å². The summed E-state index contributed by atoms with van der Waals surface area (Å²) in [5.41, 5.74) is 0.749. The van der Waals surface area contributed by atoms with Gasteiger partial charge in [-0.3, -0.25) is 42.7 Å². The number of hydrogen-bond donors (Lipinski definition) is 11. The number of fused-ring (bicyclic) bond motifs is 1. The Morgan fingerprint density at radius 2 is 1.46 bits per heavy atom. The van der Waals surface area contributed by atoms with Gasteiger partial charge in [0.1, 0.15) is 40.9 Å². The van der Waals surface area contributed by atoms with E-state index in [1.807, 2.05) is 10.6 Å². The second kappa shape index (κ2) is 24.7. The first-order chi connectivity index (χ1) is 33.2. The van der Waals surface area contributed by atoms with Crippen LogP contribution in [0.25, 0.3) is 10.9 Å². The zero-order chi connectivity index (χ0) is 52.8. The van der Waals surface area contributed by atoms with Gasteiger partial charge < -0.3 is 51.3 Å². The molecule has 2 unspecified atom stereocenters. The van der Waals surface area contributed by atoms with E-state index in [0.29, 0.717) is 18.0 Å². The molecule has 3 atom stereocenters. The average molecular weight is 1060 g/mol. The van der Waals surface area contributed by atoms with Crippen molar-refractivity contribution in [2.45, 2.75) is 69.6 Å². The van der Waals surface area contributed by atoms with Crippen LogP contribution in [0.1, 0.15) is 53.2 Å². The van der Waals surface area contributed by atoms with Crippen LogP contribution >= 0.6 is 0 Å². The fourth-order valence-electron chi connectivity index (χ4n) is 6.86. The summed E-state index contributed by atoms with van der Waals surface area (Å²) in [7, 11) is -12.7. The predicted molar refractivity (Wildman–Crippen MR) is 253 cm³/mol. The van der Waals surface area contributed by atoms with Crippen LogP contribution in [0, 0.1) is 13.8 Å². The van der Waals surface area contributed by atoms with Gasteiger partial charge in [0.05, 0.1) is 17.0 Å². The summed E-state index contributed by atoms with van der Waals surface area (Å²) in [6.07, 6.45) is 4.38. The molecular formula is C41H54N10O17S3. The highest BCUT2D eigenvalue weighted by Crippen LogP contribution is 2.26. The van der Waals surface area contributed by atoms with Crippen molar-refractivity contribution in [1.82, 2.24) is 45.8 Å². The number of hydrogen-bond acceptors (Lipinski definition) is 16. The lowest BCUT2D eigenvalue weighted by Gasteiger charge is -2.22. The van der Waals surface area contributed by atoms with Crippen molar-refractivity contribution in [3.63, 3.8) is 0 Å². The number of aromatic amines is 1. The number of nitrogens with one attached hydrogen (secondary N) is 8. The molecule has 11 N–H and O–H groups in total. The van der Waals surface area contributed by atoms with E-state index < -0.39 is 107 Å². The number of nitrogens with zero attached hydrogens (tertiary/aromatic N) is 2. The van der Waals surface area contributed by atoms with E-state index in [1.54, 1.807) is 42.2 Å². The number of rotatable bonds is 27. The normalized spacial score (nSPS) is 13.0. The highest BCUT2D eigenvalue weighted by Gasteiger charge is 2.33. The van der Waals surface area contributed by atoms with Crippen molar-refractivity contribution in [1.29, 1.82) is 0 Å². The summed E-state index contributed by atoms with van der Waals surface area (Å²) in [5, 5.41) is 24.2. The van der Waals surface area contributed by atoms with E-state index in [0.717, 1.165) is 5.56 Å². The maximum absolute atomic E-state index is 13.6. The van der Waals surface area contributed by atoms with E-state index in [1.165, 1.54) is 39.1 Å². The Kier molecular flexibility index (Phi) is 19.7. The first-order valence-electron chi connectivity index (χ1n) is 21.3. The lowest BCUT2D eigenvalue weighted by Crippen LogP contribution is -2.57. The van der Waals surface area contributed by atoms with Crippen LogP contribution in [0.5, 0.6) is 5.75 Å². The molecule has 4 rings (SSSR count). The predicted octanol–water partition coefficient (Wildman–Crippen LogP) is -1.80. The zero-order valence-electron chi connectivity index (χ0n) is 38.6. The number of carboxylic acids is 1. The lowest BCUT2D eigenvalue weighted by molar-refractivity contribution is -0.138. The number of benzene rings is 2. The number of aromatic nitrogens is 3. The van der Waals surface area contributed by atoms with Crippen molar-refractivity contribution < 1.29 is 73.0 Å².